The lowest BCUT2D eigenvalue weighted by atomic mass is 10.1. The second-order valence-corrected chi connectivity index (χ2v) is 6.77. The molecule has 2 heterocycles. The molecule has 0 bridgehead atoms. The molecule has 0 saturated heterocycles. The molecule has 0 radical (unpaired) electrons. The molecule has 164 valence electrons. The van der Waals surface area contributed by atoms with Crippen molar-refractivity contribution in [2.24, 2.45) is 0 Å². The normalized spacial score (nSPS) is 26.9. The first-order valence-corrected chi connectivity index (χ1v) is 8.53. The zero-order valence-corrected chi connectivity index (χ0v) is 14.6. The summed E-state index contributed by atoms with van der Waals surface area (Å²) in [7, 11) is -5.75. The van der Waals surface area contributed by atoms with Gasteiger partial charge in [0.25, 0.3) is 11.6 Å². The minimum atomic E-state index is -5.75. The number of carbonyl (C=O) groups excluding carboxylic acids is 2. The Kier molecular flexibility index (Phi) is 5.69. The van der Waals surface area contributed by atoms with Gasteiger partial charge in [-0.1, -0.05) is 0 Å². The Balaban J connectivity index is 2.30. The highest BCUT2D eigenvalue weighted by molar-refractivity contribution is 7.81. The summed E-state index contributed by atoms with van der Waals surface area (Å²) in [4.78, 5) is 22.3. The van der Waals surface area contributed by atoms with Crippen molar-refractivity contribution in [1.82, 2.24) is 0 Å². The Bertz CT molecular complexity index is 822. The highest BCUT2D eigenvalue weighted by Crippen LogP contribution is 2.34. The van der Waals surface area contributed by atoms with Gasteiger partial charge in [-0.05, 0) is 0 Å². The number of ether oxygens (including phenoxy) is 2. The lowest BCUT2D eigenvalue weighted by Crippen LogP contribution is -2.55. The van der Waals surface area contributed by atoms with Gasteiger partial charge in [0.15, 0.2) is 11.5 Å². The van der Waals surface area contributed by atoms with Gasteiger partial charge in [-0.2, -0.15) is 8.42 Å². The number of esters is 2. The van der Waals surface area contributed by atoms with Crippen LogP contribution in [0.15, 0.2) is 23.0 Å². The van der Waals surface area contributed by atoms with Crippen molar-refractivity contribution >= 4 is 22.3 Å². The van der Waals surface area contributed by atoms with Crippen LogP contribution in [0.25, 0.3) is 0 Å². The first kappa shape index (κ1) is 22.6. The molecule has 4 atom stereocenters. The first-order chi connectivity index (χ1) is 13.2. The van der Waals surface area contributed by atoms with E-state index in [1.165, 1.54) is 0 Å². The summed E-state index contributed by atoms with van der Waals surface area (Å²) in [6.07, 6.45) is -4.94. The van der Waals surface area contributed by atoms with Gasteiger partial charge in [0.1, 0.15) is 13.2 Å². The Morgan fingerprint density at radius 1 is 0.793 bits per heavy atom. The maximum atomic E-state index is 12.0. The molecule has 0 amide bonds. The zero-order valence-electron chi connectivity index (χ0n) is 13.8. The van der Waals surface area contributed by atoms with Crippen LogP contribution in [0, 0.1) is 0 Å². The van der Waals surface area contributed by atoms with E-state index in [0.29, 0.717) is 0 Å². The Morgan fingerprint density at radius 2 is 1.10 bits per heavy atom. The van der Waals surface area contributed by atoms with Crippen molar-refractivity contribution < 1.29 is 76.7 Å². The third-order valence-corrected chi connectivity index (χ3v) is 4.57. The van der Waals surface area contributed by atoms with E-state index >= 15 is 0 Å². The number of hydrogen-bond donors (Lipinski definition) is 8. The van der Waals surface area contributed by atoms with E-state index in [9.17, 15) is 58.9 Å². The molecule has 2 rings (SSSR count). The summed E-state index contributed by atoms with van der Waals surface area (Å²) >= 11 is 0. The van der Waals surface area contributed by atoms with Crippen molar-refractivity contribution in [1.29, 1.82) is 0 Å². The molecule has 8 N–H and O–H groups in total. The van der Waals surface area contributed by atoms with Crippen molar-refractivity contribution in [2.75, 3.05) is 13.2 Å². The summed E-state index contributed by atoms with van der Waals surface area (Å²) in [6, 6.07) is 0. The molecule has 0 spiro atoms. The minimum absolute atomic E-state index is 1.42. The molecule has 2 aliphatic rings. The second kappa shape index (κ2) is 7.30. The van der Waals surface area contributed by atoms with Crippen LogP contribution in [0.4, 0.5) is 0 Å². The highest BCUT2D eigenvalue weighted by Gasteiger charge is 2.57. The zero-order chi connectivity index (χ0) is 22.4. The topological polar surface area (TPSA) is 267 Å². The van der Waals surface area contributed by atoms with Gasteiger partial charge in [0.2, 0.25) is 23.7 Å². The Morgan fingerprint density at radius 3 is 1.31 bits per heavy atom. The number of carbonyl (C=O) groups is 2. The van der Waals surface area contributed by atoms with Gasteiger partial charge in [0, 0.05) is 0 Å². The van der Waals surface area contributed by atoms with Gasteiger partial charge < -0.3 is 50.3 Å². The highest BCUT2D eigenvalue weighted by atomic mass is 32.3. The molecule has 16 nitrogen and oxygen atoms in total. The average molecular weight is 446 g/mol. The molecule has 0 saturated carbocycles. The van der Waals surface area contributed by atoms with Gasteiger partial charge in [-0.15, -0.1) is 0 Å². The van der Waals surface area contributed by atoms with Gasteiger partial charge >= 0.3 is 22.3 Å². The lowest BCUT2D eigenvalue weighted by Gasteiger charge is -2.32. The smallest absolute Gasteiger partial charge is 0.405 e. The summed E-state index contributed by atoms with van der Waals surface area (Å²) < 4.78 is 40.8. The molecule has 0 aliphatic carbocycles. The Hall–Kier alpha value is -2.67. The molecule has 0 aromatic heterocycles. The molecule has 0 unspecified atom stereocenters. The second-order valence-electron chi connectivity index (χ2n) is 5.62. The van der Waals surface area contributed by atoms with Crippen LogP contribution in [0.2, 0.25) is 0 Å². The van der Waals surface area contributed by atoms with Crippen molar-refractivity contribution in [2.45, 2.75) is 23.8 Å². The molecule has 2 aliphatic heterocycles. The number of cyclic esters (lactones) is 2. The maximum Gasteiger partial charge on any atom is 0.405 e. The third-order valence-electron chi connectivity index (χ3n) is 3.58. The van der Waals surface area contributed by atoms with E-state index in [0.717, 1.165) is 0 Å². The predicted octanol–water partition coefficient (Wildman–Crippen LogP) is -3.87. The van der Waals surface area contributed by atoms with E-state index < -0.39 is 82.4 Å². The van der Waals surface area contributed by atoms with Gasteiger partial charge in [0.05, 0.1) is 0 Å². The average Bonchev–Trinajstić information content (AvgIpc) is 3.06. The summed E-state index contributed by atoms with van der Waals surface area (Å²) in [5.74, 6) is -16.0. The molecule has 17 heteroatoms. The van der Waals surface area contributed by atoms with E-state index in [1.54, 1.807) is 0 Å². The first-order valence-electron chi connectivity index (χ1n) is 7.20. The molecular formula is C12H14O16S. The predicted molar refractivity (Wildman–Crippen MR) is 79.5 cm³/mol. The lowest BCUT2D eigenvalue weighted by molar-refractivity contribution is -0.250. The number of hydrogen-bond acceptors (Lipinski definition) is 16. The fourth-order valence-corrected chi connectivity index (χ4v) is 3.20. The quantitative estimate of drug-likeness (QED) is 0.131. The van der Waals surface area contributed by atoms with E-state index in [1.807, 2.05) is 0 Å². The largest absolute Gasteiger partial charge is 0.505 e. The fourth-order valence-electron chi connectivity index (χ4n) is 2.18. The monoisotopic (exact) mass is 446 g/mol. The van der Waals surface area contributed by atoms with Crippen LogP contribution in [-0.2, 0) is 37.8 Å². The van der Waals surface area contributed by atoms with Crippen LogP contribution in [0.1, 0.15) is 0 Å². The van der Waals surface area contributed by atoms with E-state index in [4.69, 9.17) is 0 Å². The van der Waals surface area contributed by atoms with Crippen molar-refractivity contribution in [3.8, 4) is 0 Å². The van der Waals surface area contributed by atoms with Crippen LogP contribution in [-0.4, -0.2) is 98.2 Å². The number of rotatable bonds is 8. The Labute approximate surface area is 160 Å². The standard InChI is InChI=1S/C12H14O16S/c13-1-11(21,7-3(15)5(17)9(19)25-7)27-29(23,24)28-12(22,2-14)8-4(16)6(18)10(20)26-8/h7-8,13-18,21-22H,1-2H2/t7-,8-,11+,12+/m0/s1. The van der Waals surface area contributed by atoms with E-state index in [2.05, 4.69) is 17.8 Å². The molecule has 0 aromatic carbocycles. The number of aliphatic hydroxyl groups excluding tert-OH is 6. The molecule has 0 fully saturated rings. The van der Waals surface area contributed by atoms with Crippen LogP contribution < -0.4 is 0 Å². The number of aliphatic hydroxyl groups is 8. The van der Waals surface area contributed by atoms with Crippen molar-refractivity contribution in [3.05, 3.63) is 23.0 Å². The van der Waals surface area contributed by atoms with Gasteiger partial charge in [-0.3, -0.25) is 0 Å². The maximum absolute atomic E-state index is 12.0. The molecule has 29 heavy (non-hydrogen) atoms. The summed E-state index contributed by atoms with van der Waals surface area (Å²) in [6.45, 7) is -3.40. The summed E-state index contributed by atoms with van der Waals surface area (Å²) in [5.41, 5.74) is 0. The van der Waals surface area contributed by atoms with Crippen LogP contribution in [0.3, 0.4) is 0 Å². The third kappa shape index (κ3) is 3.92. The van der Waals surface area contributed by atoms with E-state index in [-0.39, 0.29) is 0 Å². The minimum Gasteiger partial charge on any atom is -0.505 e. The molecular weight excluding hydrogens is 432 g/mol. The molecule has 0 aromatic rings. The van der Waals surface area contributed by atoms with Gasteiger partial charge in [-0.25, -0.2) is 18.0 Å². The van der Waals surface area contributed by atoms with Crippen LogP contribution >= 0.6 is 0 Å². The van der Waals surface area contributed by atoms with Crippen LogP contribution in [0.5, 0.6) is 0 Å². The SMILES string of the molecule is O=C1O[C@H]([C@@](O)(CO)OS(=O)(=O)O[C@](O)(CO)[C@H]2OC(=O)C(O)=C2O)C(O)=C1O. The summed E-state index contributed by atoms with van der Waals surface area (Å²) in [5, 5.41) is 76.0. The fraction of sp³-hybridized carbons (Fsp3) is 0.500. The van der Waals surface area contributed by atoms with Crippen molar-refractivity contribution in [3.63, 3.8) is 0 Å².